The lowest BCUT2D eigenvalue weighted by Gasteiger charge is -2.36. The molecule has 0 saturated heterocycles. The van der Waals surface area contributed by atoms with Crippen LogP contribution in [0.25, 0.3) is 10.9 Å². The van der Waals surface area contributed by atoms with Gasteiger partial charge in [-0.15, -0.1) is 0 Å². The monoisotopic (exact) mass is 242 g/mol. The molecule has 0 unspecified atom stereocenters. The van der Waals surface area contributed by atoms with E-state index in [2.05, 4.69) is 11.1 Å². The van der Waals surface area contributed by atoms with E-state index in [4.69, 9.17) is 5.73 Å². The Hall–Kier alpha value is -1.45. The molecule has 1 aliphatic carbocycles. The predicted octanol–water partition coefficient (Wildman–Crippen LogP) is 2.32. The van der Waals surface area contributed by atoms with Crippen LogP contribution < -0.4 is 5.73 Å². The van der Waals surface area contributed by atoms with E-state index in [1.165, 1.54) is 5.56 Å². The van der Waals surface area contributed by atoms with Gasteiger partial charge < -0.3 is 10.8 Å². The first-order valence-corrected chi connectivity index (χ1v) is 6.50. The summed E-state index contributed by atoms with van der Waals surface area (Å²) in [5, 5.41) is 10.8. The molecule has 1 aliphatic rings. The second-order valence-electron chi connectivity index (χ2n) is 5.26. The number of rotatable bonds is 1. The summed E-state index contributed by atoms with van der Waals surface area (Å²) >= 11 is 0. The lowest BCUT2D eigenvalue weighted by molar-refractivity contribution is 0.0973. The van der Waals surface area contributed by atoms with E-state index < -0.39 is 0 Å². The molecule has 3 N–H and O–H groups in total. The molecular weight excluding hydrogens is 224 g/mol. The van der Waals surface area contributed by atoms with E-state index in [0.717, 1.165) is 36.6 Å². The van der Waals surface area contributed by atoms with Crippen molar-refractivity contribution >= 4 is 10.9 Å². The highest BCUT2D eigenvalue weighted by Gasteiger charge is 2.33. The van der Waals surface area contributed by atoms with Crippen LogP contribution >= 0.6 is 0 Å². The van der Waals surface area contributed by atoms with Crippen LogP contribution in [0, 0.1) is 0 Å². The molecule has 1 aromatic heterocycles. The topological polar surface area (TPSA) is 59.1 Å². The van der Waals surface area contributed by atoms with Gasteiger partial charge in [-0.3, -0.25) is 4.98 Å². The normalized spacial score (nSPS) is 28.4. The maximum Gasteiger partial charge on any atom is 0.0705 e. The van der Waals surface area contributed by atoms with Crippen LogP contribution in [0.2, 0.25) is 0 Å². The molecule has 0 radical (unpaired) electrons. The zero-order valence-electron chi connectivity index (χ0n) is 10.3. The van der Waals surface area contributed by atoms with Crippen molar-refractivity contribution in [2.45, 2.75) is 37.3 Å². The van der Waals surface area contributed by atoms with Crippen LogP contribution in [0.3, 0.4) is 0 Å². The van der Waals surface area contributed by atoms with Crippen molar-refractivity contribution in [3.63, 3.8) is 0 Å². The van der Waals surface area contributed by atoms with Gasteiger partial charge in [0.15, 0.2) is 0 Å². The van der Waals surface area contributed by atoms with Gasteiger partial charge in [-0.25, -0.2) is 0 Å². The third-order valence-corrected chi connectivity index (χ3v) is 4.03. The van der Waals surface area contributed by atoms with E-state index in [0.29, 0.717) is 0 Å². The predicted molar refractivity (Wildman–Crippen MR) is 72.1 cm³/mol. The molecule has 94 valence electrons. The Balaban J connectivity index is 2.08. The number of aliphatic hydroxyl groups excluding tert-OH is 1. The Labute approximate surface area is 107 Å². The van der Waals surface area contributed by atoms with Gasteiger partial charge in [0, 0.05) is 17.1 Å². The second-order valence-corrected chi connectivity index (χ2v) is 5.26. The van der Waals surface area contributed by atoms with E-state index in [9.17, 15) is 5.11 Å². The molecule has 3 nitrogen and oxygen atoms in total. The largest absolute Gasteiger partial charge is 0.393 e. The average Bonchev–Trinajstić information content (AvgIpc) is 2.42. The summed E-state index contributed by atoms with van der Waals surface area (Å²) in [6.45, 7) is 0. The molecule has 1 fully saturated rings. The van der Waals surface area contributed by atoms with Gasteiger partial charge in [-0.2, -0.15) is 0 Å². The molecule has 0 aliphatic heterocycles. The molecule has 18 heavy (non-hydrogen) atoms. The SMILES string of the molecule is NC1(c2ccnc3ccccc23)CCC(O)CC1. The first-order chi connectivity index (χ1) is 8.69. The smallest absolute Gasteiger partial charge is 0.0705 e. The van der Waals surface area contributed by atoms with Gasteiger partial charge in [-0.1, -0.05) is 18.2 Å². The van der Waals surface area contributed by atoms with Gasteiger partial charge in [0.2, 0.25) is 0 Å². The first-order valence-electron chi connectivity index (χ1n) is 6.50. The summed E-state index contributed by atoms with van der Waals surface area (Å²) in [7, 11) is 0. The Morgan fingerprint density at radius 3 is 2.67 bits per heavy atom. The van der Waals surface area contributed by atoms with E-state index in [1.54, 1.807) is 0 Å². The second kappa shape index (κ2) is 4.34. The third kappa shape index (κ3) is 1.89. The summed E-state index contributed by atoms with van der Waals surface area (Å²) in [5.74, 6) is 0. The van der Waals surface area contributed by atoms with Gasteiger partial charge in [0.25, 0.3) is 0 Å². The highest BCUT2D eigenvalue weighted by Crippen LogP contribution is 2.37. The molecule has 1 saturated carbocycles. The minimum absolute atomic E-state index is 0.185. The number of nitrogens with zero attached hydrogens (tertiary/aromatic N) is 1. The molecule has 0 amide bonds. The Morgan fingerprint density at radius 1 is 1.17 bits per heavy atom. The highest BCUT2D eigenvalue weighted by molar-refractivity contribution is 5.82. The number of para-hydroxylation sites is 1. The van der Waals surface area contributed by atoms with Gasteiger partial charge in [0.1, 0.15) is 0 Å². The zero-order valence-corrected chi connectivity index (χ0v) is 10.3. The highest BCUT2D eigenvalue weighted by atomic mass is 16.3. The quantitative estimate of drug-likeness (QED) is 0.806. The van der Waals surface area contributed by atoms with Crippen molar-refractivity contribution in [2.75, 3.05) is 0 Å². The number of fused-ring (bicyclic) bond motifs is 1. The number of hydrogen-bond acceptors (Lipinski definition) is 3. The van der Waals surface area contributed by atoms with Crippen LogP contribution in [0.1, 0.15) is 31.2 Å². The minimum Gasteiger partial charge on any atom is -0.393 e. The van der Waals surface area contributed by atoms with E-state index in [1.807, 2.05) is 30.5 Å². The van der Waals surface area contributed by atoms with Crippen LogP contribution in [-0.2, 0) is 5.54 Å². The standard InChI is InChI=1S/C15H18N2O/c16-15(8-5-11(18)6-9-15)13-7-10-17-14-4-2-1-3-12(13)14/h1-4,7,10-11,18H,5-6,8-9,16H2. The number of nitrogens with two attached hydrogens (primary N) is 1. The fourth-order valence-electron chi connectivity index (χ4n) is 2.92. The number of aromatic nitrogens is 1. The van der Waals surface area contributed by atoms with Crippen molar-refractivity contribution in [2.24, 2.45) is 5.73 Å². The minimum atomic E-state index is -0.318. The van der Waals surface area contributed by atoms with Gasteiger partial charge in [-0.05, 0) is 43.4 Å². The number of hydrogen-bond donors (Lipinski definition) is 2. The molecule has 0 spiro atoms. The molecule has 3 rings (SSSR count). The first kappa shape index (κ1) is 11.6. The zero-order chi connectivity index (χ0) is 12.6. The maximum absolute atomic E-state index is 9.63. The molecule has 1 heterocycles. The lowest BCUT2D eigenvalue weighted by atomic mass is 9.75. The van der Waals surface area contributed by atoms with Gasteiger partial charge in [0.05, 0.1) is 11.6 Å². The van der Waals surface area contributed by atoms with Crippen LogP contribution in [0.5, 0.6) is 0 Å². The van der Waals surface area contributed by atoms with Crippen molar-refractivity contribution < 1.29 is 5.11 Å². The van der Waals surface area contributed by atoms with Crippen molar-refractivity contribution in [1.82, 2.24) is 4.98 Å². The summed E-state index contributed by atoms with van der Waals surface area (Å²) < 4.78 is 0. The number of benzene rings is 1. The Kier molecular flexibility index (Phi) is 2.80. The van der Waals surface area contributed by atoms with Crippen LogP contribution in [0.15, 0.2) is 36.5 Å². The summed E-state index contributed by atoms with van der Waals surface area (Å²) in [4.78, 5) is 4.38. The van der Waals surface area contributed by atoms with Crippen LogP contribution in [-0.4, -0.2) is 16.2 Å². The Bertz CT molecular complexity index is 554. The van der Waals surface area contributed by atoms with E-state index in [-0.39, 0.29) is 11.6 Å². The molecule has 1 aromatic carbocycles. The summed E-state index contributed by atoms with van der Waals surface area (Å²) in [6.07, 6.45) is 4.89. The Morgan fingerprint density at radius 2 is 1.89 bits per heavy atom. The maximum atomic E-state index is 9.63. The molecule has 0 bridgehead atoms. The van der Waals surface area contributed by atoms with Gasteiger partial charge >= 0.3 is 0 Å². The van der Waals surface area contributed by atoms with E-state index >= 15 is 0 Å². The molecule has 3 heteroatoms. The fourth-order valence-corrected chi connectivity index (χ4v) is 2.92. The van der Waals surface area contributed by atoms with Crippen molar-refractivity contribution in [1.29, 1.82) is 0 Å². The average molecular weight is 242 g/mol. The van der Waals surface area contributed by atoms with Crippen LogP contribution in [0.4, 0.5) is 0 Å². The summed E-state index contributed by atoms with van der Waals surface area (Å²) in [5.41, 5.74) is 8.41. The summed E-state index contributed by atoms with van der Waals surface area (Å²) in [6, 6.07) is 10.1. The third-order valence-electron chi connectivity index (χ3n) is 4.03. The molecular formula is C15H18N2O. The lowest BCUT2D eigenvalue weighted by Crippen LogP contribution is -2.41. The fraction of sp³-hybridized carbons (Fsp3) is 0.400. The van der Waals surface area contributed by atoms with Crippen molar-refractivity contribution in [3.05, 3.63) is 42.1 Å². The molecule has 2 aromatic rings. The number of aliphatic hydroxyl groups is 1. The van der Waals surface area contributed by atoms with Crippen molar-refractivity contribution in [3.8, 4) is 0 Å². The molecule has 0 atom stereocenters. The number of pyridine rings is 1.